The molecular weight excluding hydrogens is 396 g/mol. The number of nitrogens with one attached hydrogen (secondary N) is 2. The number of carbonyl (C=O) groups excluding carboxylic acids is 2. The number of aromatic nitrogens is 6. The van der Waals surface area contributed by atoms with E-state index >= 15 is 0 Å². The van der Waals surface area contributed by atoms with E-state index in [9.17, 15) is 9.59 Å². The molecule has 2 heterocycles. The highest BCUT2D eigenvalue weighted by Crippen LogP contribution is 2.17. The number of anilines is 2. The summed E-state index contributed by atoms with van der Waals surface area (Å²) < 4.78 is 3.41. The first-order valence-electron chi connectivity index (χ1n) is 9.61. The molecule has 0 unspecified atom stereocenters. The van der Waals surface area contributed by atoms with Crippen LogP contribution in [0.15, 0.2) is 67.3 Å². The Morgan fingerprint density at radius 2 is 1.84 bits per heavy atom. The Morgan fingerprint density at radius 3 is 2.58 bits per heavy atom. The second kappa shape index (κ2) is 8.99. The molecule has 0 aliphatic carbocycles. The van der Waals surface area contributed by atoms with Crippen LogP contribution in [0.1, 0.15) is 22.6 Å². The molecule has 0 spiro atoms. The third-order valence-corrected chi connectivity index (χ3v) is 4.54. The van der Waals surface area contributed by atoms with Gasteiger partial charge in [0.25, 0.3) is 5.91 Å². The summed E-state index contributed by atoms with van der Waals surface area (Å²) in [7, 11) is 0. The number of hydrogen-bond acceptors (Lipinski definition) is 6. The molecule has 0 fully saturated rings. The van der Waals surface area contributed by atoms with Gasteiger partial charge >= 0.3 is 0 Å². The van der Waals surface area contributed by atoms with Crippen molar-refractivity contribution in [2.24, 2.45) is 0 Å². The number of hydrogen-bond donors (Lipinski definition) is 2. The first kappa shape index (κ1) is 20.0. The fourth-order valence-corrected chi connectivity index (χ4v) is 3.00. The van der Waals surface area contributed by atoms with Crippen molar-refractivity contribution < 1.29 is 9.59 Å². The van der Waals surface area contributed by atoms with Gasteiger partial charge < -0.3 is 15.2 Å². The smallest absolute Gasteiger partial charge is 0.255 e. The van der Waals surface area contributed by atoms with Crippen LogP contribution in [0.5, 0.6) is 0 Å². The van der Waals surface area contributed by atoms with Crippen molar-refractivity contribution in [2.45, 2.75) is 19.9 Å². The van der Waals surface area contributed by atoms with Crippen LogP contribution in [-0.2, 0) is 11.3 Å². The van der Waals surface area contributed by atoms with Gasteiger partial charge in [-0.1, -0.05) is 12.1 Å². The van der Waals surface area contributed by atoms with E-state index in [1.165, 1.54) is 0 Å². The quantitative estimate of drug-likeness (QED) is 0.478. The van der Waals surface area contributed by atoms with Crippen LogP contribution < -0.4 is 10.6 Å². The van der Waals surface area contributed by atoms with Gasteiger partial charge in [-0.3, -0.25) is 9.59 Å². The maximum atomic E-state index is 12.7. The van der Waals surface area contributed by atoms with E-state index in [4.69, 9.17) is 0 Å². The molecule has 0 saturated heterocycles. The third-order valence-electron chi connectivity index (χ3n) is 4.54. The van der Waals surface area contributed by atoms with Crippen molar-refractivity contribution in [3.63, 3.8) is 0 Å². The van der Waals surface area contributed by atoms with Gasteiger partial charge in [0.2, 0.25) is 5.91 Å². The minimum absolute atomic E-state index is 0.143. The highest BCUT2D eigenvalue weighted by molar-refractivity contribution is 6.05. The fourth-order valence-electron chi connectivity index (χ4n) is 3.00. The molecule has 0 bridgehead atoms. The van der Waals surface area contributed by atoms with Gasteiger partial charge in [-0.05, 0) is 53.7 Å². The molecule has 10 nitrogen and oxygen atoms in total. The number of amides is 2. The highest BCUT2D eigenvalue weighted by Gasteiger charge is 2.10. The highest BCUT2D eigenvalue weighted by atomic mass is 16.2. The topological polar surface area (TPSA) is 120 Å². The van der Waals surface area contributed by atoms with Crippen molar-refractivity contribution >= 4 is 23.2 Å². The zero-order chi connectivity index (χ0) is 21.6. The summed E-state index contributed by atoms with van der Waals surface area (Å²) in [5.74, 6) is 0.204. The van der Waals surface area contributed by atoms with Crippen molar-refractivity contribution in [3.05, 3.63) is 78.6 Å². The normalized spacial score (nSPS) is 10.6. The Hall–Kier alpha value is -4.34. The van der Waals surface area contributed by atoms with E-state index < -0.39 is 0 Å². The van der Waals surface area contributed by atoms with Crippen molar-refractivity contribution in [3.8, 4) is 5.69 Å². The molecule has 4 rings (SSSR count). The second-order valence-corrected chi connectivity index (χ2v) is 6.82. The van der Waals surface area contributed by atoms with Gasteiger partial charge in [-0.25, -0.2) is 4.98 Å². The Balaban J connectivity index is 1.40. The van der Waals surface area contributed by atoms with E-state index in [0.29, 0.717) is 35.7 Å². The molecule has 0 radical (unpaired) electrons. The van der Waals surface area contributed by atoms with Crippen molar-refractivity contribution in [1.29, 1.82) is 0 Å². The fraction of sp³-hybridized carbons (Fsp3) is 0.143. The zero-order valence-corrected chi connectivity index (χ0v) is 16.8. The predicted octanol–water partition coefficient (Wildman–Crippen LogP) is 2.45. The average molecular weight is 416 g/mol. The number of rotatable bonds is 7. The van der Waals surface area contributed by atoms with E-state index in [1.54, 1.807) is 66.7 Å². The molecule has 2 aromatic heterocycles. The summed E-state index contributed by atoms with van der Waals surface area (Å²) in [6.45, 7) is 2.32. The van der Waals surface area contributed by atoms with Gasteiger partial charge in [-0.15, -0.1) is 5.10 Å². The third kappa shape index (κ3) is 4.99. The molecule has 2 amide bonds. The molecular formula is C21H20N8O2. The number of imidazole rings is 1. The van der Waals surface area contributed by atoms with Gasteiger partial charge in [0.05, 0.1) is 12.0 Å². The van der Waals surface area contributed by atoms with Gasteiger partial charge in [0, 0.05) is 42.3 Å². The molecule has 10 heteroatoms. The lowest BCUT2D eigenvalue weighted by Gasteiger charge is -2.10. The molecule has 0 saturated carbocycles. The SMILES string of the molecule is Cc1nnnn1-c1cccc(NC(=O)c2cccc(NC(=O)CCn3ccnc3)c2)c1. The zero-order valence-electron chi connectivity index (χ0n) is 16.8. The number of tetrazole rings is 1. The van der Waals surface area contributed by atoms with Crippen LogP contribution in [0, 0.1) is 6.92 Å². The molecule has 4 aromatic rings. The summed E-state index contributed by atoms with van der Waals surface area (Å²) >= 11 is 0. The Morgan fingerprint density at radius 1 is 1.03 bits per heavy atom. The van der Waals surface area contributed by atoms with Crippen LogP contribution in [0.25, 0.3) is 5.69 Å². The maximum absolute atomic E-state index is 12.7. The minimum Gasteiger partial charge on any atom is -0.337 e. The standard InChI is InChI=1S/C21H20N8O2/c1-15-25-26-27-29(15)19-7-3-6-18(13-19)24-21(31)16-4-2-5-17(12-16)23-20(30)8-10-28-11-9-22-14-28/h2-7,9,11-14H,8,10H2,1H3,(H,23,30)(H,24,31). The van der Waals surface area contributed by atoms with Crippen LogP contribution in [-0.4, -0.2) is 41.6 Å². The molecule has 2 aromatic carbocycles. The van der Waals surface area contributed by atoms with E-state index in [-0.39, 0.29) is 11.8 Å². The molecule has 156 valence electrons. The summed E-state index contributed by atoms with van der Waals surface area (Å²) in [6.07, 6.45) is 5.43. The minimum atomic E-state index is -0.292. The summed E-state index contributed by atoms with van der Waals surface area (Å²) in [5.41, 5.74) is 2.32. The molecule has 31 heavy (non-hydrogen) atoms. The summed E-state index contributed by atoms with van der Waals surface area (Å²) in [6, 6.07) is 14.0. The average Bonchev–Trinajstić information content (AvgIpc) is 3.44. The van der Waals surface area contributed by atoms with Crippen molar-refractivity contribution in [1.82, 2.24) is 29.8 Å². The van der Waals surface area contributed by atoms with Crippen LogP contribution in [0.4, 0.5) is 11.4 Å². The molecule has 0 atom stereocenters. The number of carbonyl (C=O) groups is 2. The van der Waals surface area contributed by atoms with E-state index in [1.807, 2.05) is 16.7 Å². The molecule has 2 N–H and O–H groups in total. The van der Waals surface area contributed by atoms with E-state index in [0.717, 1.165) is 5.69 Å². The largest absolute Gasteiger partial charge is 0.337 e. The number of nitrogens with zero attached hydrogens (tertiary/aromatic N) is 6. The van der Waals surface area contributed by atoms with Gasteiger partial charge in [0.1, 0.15) is 0 Å². The Kier molecular flexibility index (Phi) is 5.79. The summed E-state index contributed by atoms with van der Waals surface area (Å²) in [4.78, 5) is 28.9. The van der Waals surface area contributed by atoms with Crippen molar-refractivity contribution in [2.75, 3.05) is 10.6 Å². The van der Waals surface area contributed by atoms with E-state index in [2.05, 4.69) is 31.1 Å². The number of aryl methyl sites for hydroxylation is 2. The predicted molar refractivity (Wildman–Crippen MR) is 114 cm³/mol. The Labute approximate surface area is 177 Å². The lowest BCUT2D eigenvalue weighted by molar-refractivity contribution is -0.116. The van der Waals surface area contributed by atoms with Gasteiger partial charge in [0.15, 0.2) is 5.82 Å². The van der Waals surface area contributed by atoms with Gasteiger partial charge in [-0.2, -0.15) is 4.68 Å². The lowest BCUT2D eigenvalue weighted by Crippen LogP contribution is -2.16. The monoisotopic (exact) mass is 416 g/mol. The first-order chi connectivity index (χ1) is 15.1. The first-order valence-corrected chi connectivity index (χ1v) is 9.61. The molecule has 0 aliphatic rings. The number of benzene rings is 2. The summed E-state index contributed by atoms with van der Waals surface area (Å²) in [5, 5.41) is 17.1. The van der Waals surface area contributed by atoms with Crippen LogP contribution >= 0.6 is 0 Å². The lowest BCUT2D eigenvalue weighted by atomic mass is 10.1. The van der Waals surface area contributed by atoms with Crippen LogP contribution in [0.2, 0.25) is 0 Å². The molecule has 0 aliphatic heterocycles. The van der Waals surface area contributed by atoms with Crippen LogP contribution in [0.3, 0.4) is 0 Å². The maximum Gasteiger partial charge on any atom is 0.255 e. The second-order valence-electron chi connectivity index (χ2n) is 6.82. The Bertz CT molecular complexity index is 1200.